The lowest BCUT2D eigenvalue weighted by molar-refractivity contribution is -0.0843. The summed E-state index contributed by atoms with van der Waals surface area (Å²) in [5, 5.41) is 0.433. The third-order valence-corrected chi connectivity index (χ3v) is 6.10. The smallest absolute Gasteiger partial charge is 0.213 e. The molecule has 2 aromatic rings. The highest BCUT2D eigenvalue weighted by Gasteiger charge is 2.51. The predicted octanol–water partition coefficient (Wildman–Crippen LogP) is 4.47. The molecule has 4 rings (SSSR count). The summed E-state index contributed by atoms with van der Waals surface area (Å²) in [5.74, 6) is 0.364. The van der Waals surface area contributed by atoms with Crippen molar-refractivity contribution in [2.75, 3.05) is 13.7 Å². The van der Waals surface area contributed by atoms with Crippen molar-refractivity contribution in [2.24, 2.45) is 0 Å². The molecule has 1 aliphatic heterocycles. The fraction of sp³-hybridized carbons (Fsp3) is 0.476. The maximum atomic E-state index is 13.7. The van der Waals surface area contributed by atoms with Crippen LogP contribution in [0.25, 0.3) is 0 Å². The fourth-order valence-electron chi connectivity index (χ4n) is 4.58. The Kier molecular flexibility index (Phi) is 5.35. The number of hydrogen-bond acceptors (Lipinski definition) is 4. The van der Waals surface area contributed by atoms with Crippen molar-refractivity contribution < 1.29 is 13.9 Å². The predicted molar refractivity (Wildman–Crippen MR) is 102 cm³/mol. The molecule has 6 heteroatoms. The first-order valence-corrected chi connectivity index (χ1v) is 9.78. The minimum atomic E-state index is -0.297. The Morgan fingerprint density at radius 1 is 1.30 bits per heavy atom. The summed E-state index contributed by atoms with van der Waals surface area (Å²) >= 11 is 6.03. The molecule has 1 saturated carbocycles. The summed E-state index contributed by atoms with van der Waals surface area (Å²) in [7, 11) is 1.80. The van der Waals surface area contributed by atoms with Gasteiger partial charge < -0.3 is 9.47 Å². The number of ether oxygens (including phenoxy) is 2. The number of aromatic nitrogens is 1. The van der Waals surface area contributed by atoms with Crippen molar-refractivity contribution in [3.8, 4) is 5.88 Å². The fourth-order valence-corrected chi connectivity index (χ4v) is 4.82. The highest BCUT2D eigenvalue weighted by atomic mass is 35.5. The molecule has 2 fully saturated rings. The number of halogens is 2. The number of fused-ring (bicyclic) bond motifs is 1. The van der Waals surface area contributed by atoms with E-state index in [1.807, 2.05) is 24.3 Å². The molecular formula is C21H24ClFN2O2. The number of nitrogens with zero attached hydrogens (tertiary/aromatic N) is 2. The van der Waals surface area contributed by atoms with E-state index in [-0.39, 0.29) is 23.6 Å². The van der Waals surface area contributed by atoms with E-state index in [0.717, 1.165) is 37.8 Å². The Bertz CT molecular complexity index is 771. The van der Waals surface area contributed by atoms with Gasteiger partial charge in [-0.05, 0) is 49.1 Å². The lowest BCUT2D eigenvalue weighted by atomic mass is 9.79. The van der Waals surface area contributed by atoms with Gasteiger partial charge in [-0.15, -0.1) is 0 Å². The van der Waals surface area contributed by atoms with Crippen molar-refractivity contribution >= 4 is 11.6 Å². The van der Waals surface area contributed by atoms with Gasteiger partial charge in [0.2, 0.25) is 5.88 Å². The standard InChI is InChI=1S/C21H24ClFN2O2/c1-26-21-6-5-18(27-20-4-2-3-8-24-20)13-19(21)25(9-7-21)14-15-10-16(22)12-17(23)11-15/h2-4,8,10-12,18-19H,5-7,9,13-14H2,1H3/t18-,19-,21+/m0/s1. The zero-order valence-electron chi connectivity index (χ0n) is 15.4. The Morgan fingerprint density at radius 2 is 2.19 bits per heavy atom. The number of rotatable bonds is 5. The second kappa shape index (κ2) is 7.74. The monoisotopic (exact) mass is 390 g/mol. The van der Waals surface area contributed by atoms with Crippen molar-refractivity contribution in [3.63, 3.8) is 0 Å². The summed E-state index contributed by atoms with van der Waals surface area (Å²) < 4.78 is 25.8. The van der Waals surface area contributed by atoms with Crippen LogP contribution in [0.1, 0.15) is 31.2 Å². The molecule has 3 atom stereocenters. The first-order valence-electron chi connectivity index (χ1n) is 9.40. The molecule has 0 unspecified atom stereocenters. The van der Waals surface area contributed by atoms with Crippen LogP contribution in [0.3, 0.4) is 0 Å². The van der Waals surface area contributed by atoms with Crippen LogP contribution < -0.4 is 4.74 Å². The van der Waals surface area contributed by atoms with Crippen LogP contribution in [0, 0.1) is 5.82 Å². The first kappa shape index (κ1) is 18.7. The molecule has 2 aliphatic rings. The van der Waals surface area contributed by atoms with Crippen molar-refractivity contribution in [1.29, 1.82) is 0 Å². The molecule has 4 nitrogen and oxygen atoms in total. The van der Waals surface area contributed by atoms with Gasteiger partial charge in [-0.3, -0.25) is 4.90 Å². The Labute approximate surface area is 164 Å². The van der Waals surface area contributed by atoms with Crippen LogP contribution in [-0.2, 0) is 11.3 Å². The first-order chi connectivity index (χ1) is 13.1. The topological polar surface area (TPSA) is 34.6 Å². The molecular weight excluding hydrogens is 367 g/mol. The van der Waals surface area contributed by atoms with Gasteiger partial charge in [-0.2, -0.15) is 0 Å². The van der Waals surface area contributed by atoms with E-state index in [2.05, 4.69) is 9.88 Å². The van der Waals surface area contributed by atoms with Gasteiger partial charge in [-0.1, -0.05) is 17.7 Å². The Hall–Kier alpha value is -1.69. The molecule has 0 bridgehead atoms. The average molecular weight is 391 g/mol. The molecule has 0 N–H and O–H groups in total. The molecule has 1 aromatic heterocycles. The van der Waals surface area contributed by atoms with Crippen LogP contribution in [-0.4, -0.2) is 41.3 Å². The summed E-state index contributed by atoms with van der Waals surface area (Å²) in [6, 6.07) is 10.7. The lowest BCUT2D eigenvalue weighted by Crippen LogP contribution is -2.52. The van der Waals surface area contributed by atoms with Crippen LogP contribution in [0.2, 0.25) is 5.02 Å². The van der Waals surface area contributed by atoms with Gasteiger partial charge in [0.1, 0.15) is 11.9 Å². The quantitative estimate of drug-likeness (QED) is 0.754. The highest BCUT2D eigenvalue weighted by molar-refractivity contribution is 6.30. The van der Waals surface area contributed by atoms with Crippen molar-refractivity contribution in [3.05, 3.63) is 59.0 Å². The van der Waals surface area contributed by atoms with E-state index in [1.165, 1.54) is 6.07 Å². The van der Waals surface area contributed by atoms with E-state index >= 15 is 0 Å². The second-order valence-corrected chi connectivity index (χ2v) is 7.90. The molecule has 1 aliphatic carbocycles. The summed E-state index contributed by atoms with van der Waals surface area (Å²) in [6.07, 6.45) is 5.59. The largest absolute Gasteiger partial charge is 0.474 e. The lowest BCUT2D eigenvalue weighted by Gasteiger charge is -2.43. The molecule has 0 amide bonds. The van der Waals surface area contributed by atoms with Gasteiger partial charge in [0.25, 0.3) is 0 Å². The van der Waals surface area contributed by atoms with Gasteiger partial charge in [-0.25, -0.2) is 9.37 Å². The summed E-state index contributed by atoms with van der Waals surface area (Å²) in [4.78, 5) is 6.66. The van der Waals surface area contributed by atoms with Gasteiger partial charge in [0.05, 0.1) is 5.60 Å². The van der Waals surface area contributed by atoms with E-state index < -0.39 is 0 Å². The summed E-state index contributed by atoms with van der Waals surface area (Å²) in [5.41, 5.74) is 0.737. The maximum absolute atomic E-state index is 13.7. The Morgan fingerprint density at radius 3 is 2.93 bits per heavy atom. The van der Waals surface area contributed by atoms with Gasteiger partial charge >= 0.3 is 0 Å². The third-order valence-electron chi connectivity index (χ3n) is 5.89. The molecule has 1 saturated heterocycles. The zero-order chi connectivity index (χ0) is 18.9. The number of pyridine rings is 1. The van der Waals surface area contributed by atoms with Crippen LogP contribution in [0.5, 0.6) is 5.88 Å². The number of hydrogen-bond donors (Lipinski definition) is 0. The molecule has 0 spiro atoms. The minimum absolute atomic E-state index is 0.102. The molecule has 27 heavy (non-hydrogen) atoms. The van der Waals surface area contributed by atoms with Gasteiger partial charge in [0.15, 0.2) is 0 Å². The van der Waals surface area contributed by atoms with Crippen LogP contribution >= 0.6 is 11.6 Å². The SMILES string of the molecule is CO[C@@]12CC[C@H](Oc3ccccn3)C[C@@H]1N(Cc1cc(F)cc(Cl)c1)CC2. The van der Waals surface area contributed by atoms with E-state index in [1.54, 1.807) is 19.4 Å². The number of methoxy groups -OCH3 is 1. The Balaban J connectivity index is 1.50. The van der Waals surface area contributed by atoms with Gasteiger partial charge in [0, 0.05) is 49.9 Å². The second-order valence-electron chi connectivity index (χ2n) is 7.47. The third kappa shape index (κ3) is 3.96. The van der Waals surface area contributed by atoms with Crippen LogP contribution in [0.4, 0.5) is 4.39 Å². The highest BCUT2D eigenvalue weighted by Crippen LogP contribution is 2.43. The van der Waals surface area contributed by atoms with Crippen LogP contribution in [0.15, 0.2) is 42.6 Å². The van der Waals surface area contributed by atoms with Crippen molar-refractivity contribution in [1.82, 2.24) is 9.88 Å². The van der Waals surface area contributed by atoms with E-state index in [9.17, 15) is 4.39 Å². The van der Waals surface area contributed by atoms with Crippen molar-refractivity contribution in [2.45, 2.75) is 50.0 Å². The number of likely N-dealkylation sites (tertiary alicyclic amines) is 1. The molecule has 2 heterocycles. The average Bonchev–Trinajstić information content (AvgIpc) is 3.00. The maximum Gasteiger partial charge on any atom is 0.213 e. The van der Waals surface area contributed by atoms with E-state index in [0.29, 0.717) is 17.4 Å². The zero-order valence-corrected chi connectivity index (χ0v) is 16.2. The molecule has 0 radical (unpaired) electrons. The molecule has 144 valence electrons. The summed E-state index contributed by atoms with van der Waals surface area (Å²) in [6.45, 7) is 1.58. The number of benzene rings is 1. The van der Waals surface area contributed by atoms with E-state index in [4.69, 9.17) is 21.1 Å². The minimum Gasteiger partial charge on any atom is -0.474 e. The molecule has 1 aromatic carbocycles. The normalized spacial score (nSPS) is 28.1.